The van der Waals surface area contributed by atoms with Crippen LogP contribution in [0.4, 0.5) is 0 Å². The van der Waals surface area contributed by atoms with E-state index in [1.165, 1.54) is 0 Å². The first-order valence-electron chi connectivity index (χ1n) is 3.97. The van der Waals surface area contributed by atoms with E-state index in [0.29, 0.717) is 6.54 Å². The molecule has 0 aromatic rings. The first kappa shape index (κ1) is 10.6. The summed E-state index contributed by atoms with van der Waals surface area (Å²) in [6.45, 7) is 6.68. The number of ether oxygens (including phenoxy) is 1. The van der Waals surface area contributed by atoms with Gasteiger partial charge in [0.15, 0.2) is 5.78 Å². The predicted octanol–water partition coefficient (Wildman–Crippen LogP) is 0.544. The zero-order valence-electron chi connectivity index (χ0n) is 7.59. The molecule has 0 amide bonds. The van der Waals surface area contributed by atoms with E-state index in [-0.39, 0.29) is 12.4 Å². The molecule has 0 unspecified atom stereocenters. The number of hydrogen-bond acceptors (Lipinski definition) is 3. The molecule has 0 saturated carbocycles. The van der Waals surface area contributed by atoms with Crippen LogP contribution in [0.25, 0.3) is 0 Å². The van der Waals surface area contributed by atoms with Crippen molar-refractivity contribution in [3.05, 3.63) is 0 Å². The molecule has 0 heterocycles. The molecule has 0 N–H and O–H groups in total. The van der Waals surface area contributed by atoms with Gasteiger partial charge in [-0.1, -0.05) is 13.8 Å². The lowest BCUT2D eigenvalue weighted by Crippen LogP contribution is -2.31. The molecule has 0 fully saturated rings. The van der Waals surface area contributed by atoms with Crippen LogP contribution in [0.3, 0.4) is 0 Å². The van der Waals surface area contributed by atoms with Gasteiger partial charge in [0.2, 0.25) is 0 Å². The Hall–Kier alpha value is -0.410. The summed E-state index contributed by atoms with van der Waals surface area (Å²) < 4.78 is 4.72. The lowest BCUT2D eigenvalue weighted by atomic mass is 10.3. The monoisotopic (exact) mass is 159 g/mol. The van der Waals surface area contributed by atoms with Gasteiger partial charge in [0.05, 0.1) is 6.54 Å². The van der Waals surface area contributed by atoms with Gasteiger partial charge in [0.1, 0.15) is 6.61 Å². The Labute approximate surface area is 68.3 Å². The average molecular weight is 159 g/mol. The third kappa shape index (κ3) is 4.93. The molecule has 0 radical (unpaired) electrons. The fourth-order valence-electron chi connectivity index (χ4n) is 0.903. The highest BCUT2D eigenvalue weighted by atomic mass is 16.5. The number of rotatable bonds is 6. The summed E-state index contributed by atoms with van der Waals surface area (Å²) >= 11 is 0. The number of likely N-dealkylation sites (N-methyl/N-ethyl adjacent to an activating group) is 1. The number of ketones is 1. The highest BCUT2D eigenvalue weighted by molar-refractivity contribution is 5.81. The van der Waals surface area contributed by atoms with Crippen LogP contribution < -0.4 is 0 Å². The standard InChI is InChI=1S/C8H17NO2/c1-4-9(5-2)6-8(10)7-11-3/h4-7H2,1-3H3. The van der Waals surface area contributed by atoms with Gasteiger partial charge in [-0.2, -0.15) is 0 Å². The Kier molecular flexibility index (Phi) is 6.07. The van der Waals surface area contributed by atoms with Crippen molar-refractivity contribution in [2.75, 3.05) is 33.4 Å². The summed E-state index contributed by atoms with van der Waals surface area (Å²) in [6.07, 6.45) is 0. The first-order chi connectivity index (χ1) is 5.24. The first-order valence-corrected chi connectivity index (χ1v) is 3.97. The second-order valence-corrected chi connectivity index (χ2v) is 2.43. The highest BCUT2D eigenvalue weighted by Crippen LogP contribution is 1.87. The lowest BCUT2D eigenvalue weighted by molar-refractivity contribution is -0.123. The van der Waals surface area contributed by atoms with Crippen LogP contribution in [-0.4, -0.2) is 44.0 Å². The zero-order chi connectivity index (χ0) is 8.69. The lowest BCUT2D eigenvalue weighted by Gasteiger charge is -2.16. The molecule has 3 heteroatoms. The quantitative estimate of drug-likeness (QED) is 0.566. The van der Waals surface area contributed by atoms with Gasteiger partial charge in [-0.3, -0.25) is 9.69 Å². The van der Waals surface area contributed by atoms with Crippen LogP contribution in [0.2, 0.25) is 0 Å². The molecule has 0 aromatic carbocycles. The van der Waals surface area contributed by atoms with Crippen molar-refractivity contribution in [1.82, 2.24) is 4.90 Å². The van der Waals surface area contributed by atoms with E-state index in [0.717, 1.165) is 13.1 Å². The van der Waals surface area contributed by atoms with Crippen LogP contribution in [0.15, 0.2) is 0 Å². The Morgan fingerprint density at radius 1 is 1.36 bits per heavy atom. The molecule has 0 spiro atoms. The largest absolute Gasteiger partial charge is 0.377 e. The molecule has 0 aromatic heterocycles. The maximum atomic E-state index is 11.0. The van der Waals surface area contributed by atoms with Crippen LogP contribution in [0.5, 0.6) is 0 Å². The fraction of sp³-hybridized carbons (Fsp3) is 0.875. The molecule has 0 saturated heterocycles. The molecule has 11 heavy (non-hydrogen) atoms. The molecule has 0 aliphatic rings. The Bertz CT molecular complexity index is 111. The molecule has 3 nitrogen and oxygen atoms in total. The highest BCUT2D eigenvalue weighted by Gasteiger charge is 2.05. The normalized spacial score (nSPS) is 10.5. The maximum absolute atomic E-state index is 11.0. The van der Waals surface area contributed by atoms with Crippen LogP contribution in [0.1, 0.15) is 13.8 Å². The summed E-state index contributed by atoms with van der Waals surface area (Å²) in [7, 11) is 1.54. The van der Waals surface area contributed by atoms with E-state index >= 15 is 0 Å². The minimum absolute atomic E-state index is 0.149. The number of methoxy groups -OCH3 is 1. The van der Waals surface area contributed by atoms with E-state index in [1.807, 2.05) is 13.8 Å². The van der Waals surface area contributed by atoms with Crippen molar-refractivity contribution < 1.29 is 9.53 Å². The SMILES string of the molecule is CCN(CC)CC(=O)COC. The van der Waals surface area contributed by atoms with Gasteiger partial charge in [0.25, 0.3) is 0 Å². The molecule has 0 atom stereocenters. The minimum atomic E-state index is 0.149. The summed E-state index contributed by atoms with van der Waals surface area (Å²) in [6, 6.07) is 0. The molecule has 0 bridgehead atoms. The number of Topliss-reactive ketones (excluding diaryl/α,β-unsaturated/α-hetero) is 1. The second kappa shape index (κ2) is 6.31. The van der Waals surface area contributed by atoms with Crippen molar-refractivity contribution in [3.8, 4) is 0 Å². The van der Waals surface area contributed by atoms with E-state index in [2.05, 4.69) is 4.90 Å². The predicted molar refractivity (Wildman–Crippen MR) is 44.7 cm³/mol. The van der Waals surface area contributed by atoms with Crippen molar-refractivity contribution >= 4 is 5.78 Å². The Balaban J connectivity index is 3.54. The van der Waals surface area contributed by atoms with Crippen LogP contribution in [-0.2, 0) is 9.53 Å². The fourth-order valence-corrected chi connectivity index (χ4v) is 0.903. The van der Waals surface area contributed by atoms with Crippen molar-refractivity contribution in [2.45, 2.75) is 13.8 Å². The summed E-state index contributed by atoms with van der Waals surface area (Å²) in [4.78, 5) is 13.1. The number of carbonyl (C=O) groups excluding carboxylic acids is 1. The van der Waals surface area contributed by atoms with Crippen molar-refractivity contribution in [2.24, 2.45) is 0 Å². The number of hydrogen-bond donors (Lipinski definition) is 0. The van der Waals surface area contributed by atoms with E-state index in [4.69, 9.17) is 4.74 Å². The smallest absolute Gasteiger partial charge is 0.172 e. The van der Waals surface area contributed by atoms with E-state index in [1.54, 1.807) is 7.11 Å². The van der Waals surface area contributed by atoms with Crippen molar-refractivity contribution in [1.29, 1.82) is 0 Å². The molecule has 66 valence electrons. The van der Waals surface area contributed by atoms with Gasteiger partial charge in [-0.25, -0.2) is 0 Å². The van der Waals surface area contributed by atoms with Gasteiger partial charge in [-0.15, -0.1) is 0 Å². The summed E-state index contributed by atoms with van der Waals surface area (Å²) in [5.74, 6) is 0.149. The average Bonchev–Trinajstić information content (AvgIpc) is 2.01. The van der Waals surface area contributed by atoms with Gasteiger partial charge in [0, 0.05) is 7.11 Å². The molecular formula is C8H17NO2. The minimum Gasteiger partial charge on any atom is -0.377 e. The molecule has 0 rings (SSSR count). The zero-order valence-corrected chi connectivity index (χ0v) is 7.59. The third-order valence-electron chi connectivity index (χ3n) is 1.60. The topological polar surface area (TPSA) is 29.5 Å². The van der Waals surface area contributed by atoms with Gasteiger partial charge in [-0.05, 0) is 13.1 Å². The molecular weight excluding hydrogens is 142 g/mol. The molecule has 0 aliphatic heterocycles. The summed E-state index contributed by atoms with van der Waals surface area (Å²) in [5, 5.41) is 0. The van der Waals surface area contributed by atoms with Crippen LogP contribution in [0, 0.1) is 0 Å². The van der Waals surface area contributed by atoms with Crippen molar-refractivity contribution in [3.63, 3.8) is 0 Å². The number of carbonyl (C=O) groups is 1. The Morgan fingerprint density at radius 3 is 2.27 bits per heavy atom. The third-order valence-corrected chi connectivity index (χ3v) is 1.60. The van der Waals surface area contributed by atoms with Gasteiger partial charge >= 0.3 is 0 Å². The summed E-state index contributed by atoms with van der Waals surface area (Å²) in [5.41, 5.74) is 0. The van der Waals surface area contributed by atoms with E-state index in [9.17, 15) is 4.79 Å². The second-order valence-electron chi connectivity index (χ2n) is 2.43. The van der Waals surface area contributed by atoms with E-state index < -0.39 is 0 Å². The van der Waals surface area contributed by atoms with Gasteiger partial charge < -0.3 is 4.74 Å². The Morgan fingerprint density at radius 2 is 1.91 bits per heavy atom. The maximum Gasteiger partial charge on any atom is 0.172 e. The molecule has 0 aliphatic carbocycles. The number of nitrogens with zero attached hydrogens (tertiary/aromatic N) is 1. The van der Waals surface area contributed by atoms with Crippen LogP contribution >= 0.6 is 0 Å².